The number of nitrogens with one attached hydrogen (secondary N) is 1. The number of ether oxygens (including phenoxy) is 3. The molecule has 0 saturated carbocycles. The molecule has 1 aromatic heterocycles. The van der Waals surface area contributed by atoms with Gasteiger partial charge in [-0.05, 0) is 60.0 Å². The molecule has 0 atom stereocenters. The Morgan fingerprint density at radius 1 is 0.900 bits per heavy atom. The molecule has 3 aromatic carbocycles. The number of hydrogen-bond acceptors (Lipinski definition) is 7. The maximum Gasteiger partial charge on any atom is 0.341 e. The number of H-pyrrole nitrogens is 1. The van der Waals surface area contributed by atoms with E-state index >= 15 is 0 Å². The molecule has 0 aliphatic heterocycles. The molecule has 3 N–H and O–H groups in total. The first-order valence-corrected chi connectivity index (χ1v) is 13.6. The van der Waals surface area contributed by atoms with Crippen LogP contribution >= 0.6 is 0 Å². The Hall–Kier alpha value is -4.55. The molecule has 12 heteroatoms. The number of nitrogens with zero attached hydrogens (tertiary/aromatic N) is 1. The van der Waals surface area contributed by atoms with E-state index in [1.807, 2.05) is 24.4 Å². The van der Waals surface area contributed by atoms with Crippen molar-refractivity contribution in [1.29, 1.82) is 0 Å². The second kappa shape index (κ2) is 12.5. The van der Waals surface area contributed by atoms with Crippen LogP contribution < -0.4 is 14.2 Å². The summed E-state index contributed by atoms with van der Waals surface area (Å²) in [4.78, 5) is 25.3. The molecular formula is C28H28N2O9S. The summed E-state index contributed by atoms with van der Waals surface area (Å²) in [5, 5.41) is 18.9. The SMILES string of the molecule is COc1ccc2[nH]cc(CCN(Cc3ccc(OCC(=O)O)c(OCC(=O)O)c3)S(=O)(=O)c3ccccc3)c2c1. The lowest BCUT2D eigenvalue weighted by Crippen LogP contribution is -2.32. The van der Waals surface area contributed by atoms with Crippen molar-refractivity contribution in [3.8, 4) is 17.2 Å². The minimum Gasteiger partial charge on any atom is -0.497 e. The van der Waals surface area contributed by atoms with Crippen LogP contribution in [-0.4, -0.2) is 66.7 Å². The molecule has 0 radical (unpaired) electrons. The topological polar surface area (TPSA) is 155 Å². The molecule has 4 rings (SSSR count). The van der Waals surface area contributed by atoms with Crippen LogP contribution in [0.15, 0.2) is 77.8 Å². The van der Waals surface area contributed by atoms with Gasteiger partial charge in [-0.15, -0.1) is 0 Å². The second-order valence-electron chi connectivity index (χ2n) is 8.77. The number of carboxylic acid groups (broad SMARTS) is 2. The van der Waals surface area contributed by atoms with Gasteiger partial charge in [0.2, 0.25) is 10.0 Å². The number of rotatable bonds is 14. The van der Waals surface area contributed by atoms with E-state index in [1.54, 1.807) is 31.4 Å². The maximum atomic E-state index is 13.7. The van der Waals surface area contributed by atoms with Crippen LogP contribution in [0.2, 0.25) is 0 Å². The monoisotopic (exact) mass is 568 g/mol. The number of hydrogen-bond donors (Lipinski definition) is 3. The van der Waals surface area contributed by atoms with Crippen molar-refractivity contribution < 1.29 is 42.4 Å². The van der Waals surface area contributed by atoms with Gasteiger partial charge in [0.1, 0.15) is 5.75 Å². The summed E-state index contributed by atoms with van der Waals surface area (Å²) >= 11 is 0. The molecule has 0 fully saturated rings. The standard InChI is InChI=1S/C28H28N2O9S/c1-37-21-8-9-24-23(14-21)20(15-29-24)11-12-30(40(35,36)22-5-3-2-4-6-22)16-19-7-10-25(38-17-27(31)32)26(13-19)39-18-28(33)34/h2-10,13-15,29H,11-12,16-18H2,1H3,(H,31,32)(H,33,34). The Morgan fingerprint density at radius 3 is 2.27 bits per heavy atom. The van der Waals surface area contributed by atoms with E-state index in [1.165, 1.54) is 28.6 Å². The average molecular weight is 569 g/mol. The Bertz CT molecular complexity index is 1600. The lowest BCUT2D eigenvalue weighted by atomic mass is 10.1. The molecule has 0 saturated heterocycles. The predicted octanol–water partition coefficient (Wildman–Crippen LogP) is 3.54. The van der Waals surface area contributed by atoms with E-state index < -0.39 is 35.2 Å². The Labute approximate surface area is 230 Å². The molecule has 11 nitrogen and oxygen atoms in total. The summed E-state index contributed by atoms with van der Waals surface area (Å²) in [5.41, 5.74) is 2.29. The smallest absolute Gasteiger partial charge is 0.341 e. The summed E-state index contributed by atoms with van der Waals surface area (Å²) in [6.45, 7) is -1.29. The molecular weight excluding hydrogens is 540 g/mol. The number of aliphatic carboxylic acids is 2. The molecule has 40 heavy (non-hydrogen) atoms. The molecule has 4 aromatic rings. The molecule has 0 aliphatic carbocycles. The predicted molar refractivity (Wildman–Crippen MR) is 145 cm³/mol. The van der Waals surface area contributed by atoms with Crippen LogP contribution in [-0.2, 0) is 32.6 Å². The van der Waals surface area contributed by atoms with Gasteiger partial charge in [0.15, 0.2) is 24.7 Å². The molecule has 0 bridgehead atoms. The van der Waals surface area contributed by atoms with E-state index in [-0.39, 0.29) is 29.5 Å². The zero-order valence-electron chi connectivity index (χ0n) is 21.6. The molecule has 0 aliphatic rings. The number of carbonyl (C=O) groups is 2. The molecule has 1 heterocycles. The van der Waals surface area contributed by atoms with Crippen molar-refractivity contribution in [3.63, 3.8) is 0 Å². The third-order valence-corrected chi connectivity index (χ3v) is 7.91. The first-order valence-electron chi connectivity index (χ1n) is 12.2. The number of aromatic nitrogens is 1. The van der Waals surface area contributed by atoms with Gasteiger partial charge in [0.05, 0.1) is 12.0 Å². The van der Waals surface area contributed by atoms with E-state index in [0.717, 1.165) is 16.5 Å². The number of sulfonamides is 1. The first kappa shape index (κ1) is 28.5. The van der Waals surface area contributed by atoms with Crippen LogP contribution in [0, 0.1) is 0 Å². The third kappa shape index (κ3) is 6.90. The lowest BCUT2D eigenvalue weighted by molar-refractivity contribution is -0.140. The van der Waals surface area contributed by atoms with Gasteiger partial charge in [-0.1, -0.05) is 24.3 Å². The van der Waals surface area contributed by atoms with E-state index in [9.17, 15) is 18.0 Å². The zero-order chi connectivity index (χ0) is 28.7. The summed E-state index contributed by atoms with van der Waals surface area (Å²) in [6, 6.07) is 18.1. The van der Waals surface area contributed by atoms with Crippen LogP contribution in [0.3, 0.4) is 0 Å². The lowest BCUT2D eigenvalue weighted by Gasteiger charge is -2.23. The molecule has 0 spiro atoms. The maximum absolute atomic E-state index is 13.7. The van der Waals surface area contributed by atoms with Crippen molar-refractivity contribution in [3.05, 3.63) is 84.1 Å². The van der Waals surface area contributed by atoms with Gasteiger partial charge in [0, 0.05) is 30.2 Å². The van der Waals surface area contributed by atoms with E-state index in [2.05, 4.69) is 4.98 Å². The Kier molecular flexibility index (Phi) is 8.92. The first-order chi connectivity index (χ1) is 19.2. The average Bonchev–Trinajstić information content (AvgIpc) is 3.35. The van der Waals surface area contributed by atoms with Crippen LogP contribution in [0.5, 0.6) is 17.2 Å². The number of methoxy groups -OCH3 is 1. The van der Waals surface area contributed by atoms with Crippen molar-refractivity contribution in [2.75, 3.05) is 26.9 Å². The van der Waals surface area contributed by atoms with Crippen molar-refractivity contribution >= 4 is 32.9 Å². The van der Waals surface area contributed by atoms with Gasteiger partial charge in [-0.3, -0.25) is 0 Å². The van der Waals surface area contributed by atoms with Crippen LogP contribution in [0.25, 0.3) is 10.9 Å². The molecule has 0 unspecified atom stereocenters. The number of benzene rings is 3. The summed E-state index contributed by atoms with van der Waals surface area (Å²) < 4.78 is 44.6. The minimum absolute atomic E-state index is 0.0121. The zero-order valence-corrected chi connectivity index (χ0v) is 22.4. The Morgan fingerprint density at radius 2 is 1.60 bits per heavy atom. The largest absolute Gasteiger partial charge is 0.497 e. The third-order valence-electron chi connectivity index (χ3n) is 6.06. The van der Waals surface area contributed by atoms with Gasteiger partial charge in [-0.2, -0.15) is 4.31 Å². The van der Waals surface area contributed by atoms with Gasteiger partial charge in [-0.25, -0.2) is 18.0 Å². The summed E-state index contributed by atoms with van der Waals surface area (Å²) in [5.74, 6) is -1.76. The van der Waals surface area contributed by atoms with E-state index in [4.69, 9.17) is 24.4 Å². The van der Waals surface area contributed by atoms with Crippen molar-refractivity contribution in [1.82, 2.24) is 9.29 Å². The normalized spacial score (nSPS) is 11.4. The minimum atomic E-state index is -3.93. The quantitative estimate of drug-likeness (QED) is 0.207. The van der Waals surface area contributed by atoms with Gasteiger partial charge >= 0.3 is 11.9 Å². The highest BCUT2D eigenvalue weighted by Gasteiger charge is 2.25. The summed E-state index contributed by atoms with van der Waals surface area (Å²) in [7, 11) is -2.36. The van der Waals surface area contributed by atoms with Crippen molar-refractivity contribution in [2.45, 2.75) is 17.9 Å². The highest BCUT2D eigenvalue weighted by Crippen LogP contribution is 2.31. The fourth-order valence-electron chi connectivity index (χ4n) is 4.13. The number of fused-ring (bicyclic) bond motifs is 1. The fourth-order valence-corrected chi connectivity index (χ4v) is 5.58. The Balaban J connectivity index is 1.65. The number of carboxylic acids is 2. The van der Waals surface area contributed by atoms with E-state index in [0.29, 0.717) is 17.7 Å². The van der Waals surface area contributed by atoms with Crippen LogP contribution in [0.4, 0.5) is 0 Å². The van der Waals surface area contributed by atoms with Gasteiger partial charge < -0.3 is 29.4 Å². The highest BCUT2D eigenvalue weighted by atomic mass is 32.2. The van der Waals surface area contributed by atoms with Crippen molar-refractivity contribution in [2.24, 2.45) is 0 Å². The highest BCUT2D eigenvalue weighted by molar-refractivity contribution is 7.89. The molecule has 210 valence electrons. The number of aromatic amines is 1. The van der Waals surface area contributed by atoms with Crippen LogP contribution in [0.1, 0.15) is 11.1 Å². The summed E-state index contributed by atoms with van der Waals surface area (Å²) in [6.07, 6.45) is 2.23. The second-order valence-corrected chi connectivity index (χ2v) is 10.7. The van der Waals surface area contributed by atoms with Gasteiger partial charge in [0.25, 0.3) is 0 Å². The fraction of sp³-hybridized carbons (Fsp3) is 0.214. The molecule has 0 amide bonds.